The second-order valence-electron chi connectivity index (χ2n) is 6.20. The number of aromatic nitrogens is 2. The number of benzene rings is 2. The molecule has 1 heterocycles. The summed E-state index contributed by atoms with van der Waals surface area (Å²) in [6.45, 7) is 2.11. The first-order valence-electron chi connectivity index (χ1n) is 8.87. The molecule has 0 bridgehead atoms. The van der Waals surface area contributed by atoms with E-state index in [1.165, 1.54) is 5.56 Å². The fraction of sp³-hybridized carbons (Fsp3) is 0.190. The minimum atomic E-state index is 0.249. The maximum Gasteiger partial charge on any atom is 0.238 e. The molecule has 27 heavy (non-hydrogen) atoms. The lowest BCUT2D eigenvalue weighted by molar-refractivity contribution is 0.455. The van der Waals surface area contributed by atoms with E-state index in [9.17, 15) is 0 Å². The molecule has 0 aliphatic rings. The van der Waals surface area contributed by atoms with Crippen LogP contribution in [0, 0.1) is 0 Å². The smallest absolute Gasteiger partial charge is 0.238 e. The number of nitrogens with one attached hydrogen (secondary N) is 2. The molecule has 1 unspecified atom stereocenters. The third-order valence-corrected chi connectivity index (χ3v) is 4.15. The Labute approximate surface area is 164 Å². The Bertz CT molecular complexity index is 841. The van der Waals surface area contributed by atoms with Crippen molar-refractivity contribution in [1.29, 1.82) is 0 Å². The summed E-state index contributed by atoms with van der Waals surface area (Å²) >= 11 is 5.36. The van der Waals surface area contributed by atoms with Crippen LogP contribution in [-0.2, 0) is 6.42 Å². The number of nitrogens with zero attached hydrogens (tertiary/aromatic N) is 2. The van der Waals surface area contributed by atoms with Crippen LogP contribution in [0.3, 0.4) is 0 Å². The van der Waals surface area contributed by atoms with Crippen LogP contribution in [0.4, 0.5) is 5.82 Å². The summed E-state index contributed by atoms with van der Waals surface area (Å²) in [5.41, 5.74) is 1.32. The Hall–Kier alpha value is -2.99. The molecule has 3 aromatic rings. The summed E-state index contributed by atoms with van der Waals surface area (Å²) in [6.07, 6.45) is 1.99. The zero-order valence-electron chi connectivity index (χ0n) is 15.1. The second kappa shape index (κ2) is 9.64. The molecule has 0 fully saturated rings. The number of ether oxygens (including phenoxy) is 1. The molecule has 0 radical (unpaired) electrons. The second-order valence-corrected chi connectivity index (χ2v) is 6.60. The summed E-state index contributed by atoms with van der Waals surface area (Å²) in [5, 5.41) is 15.0. The van der Waals surface area contributed by atoms with E-state index in [0.29, 0.717) is 16.8 Å². The molecule has 2 N–H and O–H groups in total. The average molecular weight is 379 g/mol. The van der Waals surface area contributed by atoms with Gasteiger partial charge in [0, 0.05) is 12.1 Å². The first kappa shape index (κ1) is 18.8. The highest BCUT2D eigenvalue weighted by Crippen LogP contribution is 2.18. The quantitative estimate of drug-likeness (QED) is 0.587. The Balaban J connectivity index is 1.44. The van der Waals surface area contributed by atoms with E-state index in [0.717, 1.165) is 18.6 Å². The molecule has 6 heteroatoms. The van der Waals surface area contributed by atoms with Crippen molar-refractivity contribution >= 4 is 23.1 Å². The molecule has 1 aromatic heterocycles. The minimum Gasteiger partial charge on any atom is -0.438 e. The van der Waals surface area contributed by atoms with E-state index < -0.39 is 0 Å². The SMILES string of the molecule is CC(CCc1ccccc1)NC(=S)Nc1ccc(Oc2ccccc2)nn1. The molecular weight excluding hydrogens is 356 g/mol. The number of rotatable bonds is 7. The molecule has 3 rings (SSSR count). The normalized spacial score (nSPS) is 11.4. The van der Waals surface area contributed by atoms with Crippen LogP contribution in [0.25, 0.3) is 0 Å². The van der Waals surface area contributed by atoms with E-state index in [1.54, 1.807) is 12.1 Å². The van der Waals surface area contributed by atoms with Crippen LogP contribution in [0.15, 0.2) is 72.8 Å². The highest BCUT2D eigenvalue weighted by Gasteiger charge is 2.07. The van der Waals surface area contributed by atoms with Crippen molar-refractivity contribution in [3.05, 3.63) is 78.4 Å². The average Bonchev–Trinajstić information content (AvgIpc) is 2.69. The van der Waals surface area contributed by atoms with E-state index >= 15 is 0 Å². The molecule has 0 spiro atoms. The maximum absolute atomic E-state index is 5.63. The highest BCUT2D eigenvalue weighted by molar-refractivity contribution is 7.80. The molecule has 0 aliphatic carbocycles. The summed E-state index contributed by atoms with van der Waals surface area (Å²) < 4.78 is 5.63. The predicted molar refractivity (Wildman–Crippen MR) is 112 cm³/mol. The lowest BCUT2D eigenvalue weighted by Gasteiger charge is -2.16. The van der Waals surface area contributed by atoms with E-state index in [4.69, 9.17) is 17.0 Å². The van der Waals surface area contributed by atoms with Gasteiger partial charge in [-0.25, -0.2) is 0 Å². The summed E-state index contributed by atoms with van der Waals surface area (Å²) in [6, 6.07) is 23.7. The molecular formula is C21H22N4OS. The van der Waals surface area contributed by atoms with E-state index in [1.807, 2.05) is 36.4 Å². The van der Waals surface area contributed by atoms with Gasteiger partial charge in [-0.3, -0.25) is 0 Å². The van der Waals surface area contributed by atoms with E-state index in [-0.39, 0.29) is 6.04 Å². The van der Waals surface area contributed by atoms with Gasteiger partial charge in [-0.1, -0.05) is 48.5 Å². The minimum absolute atomic E-state index is 0.249. The fourth-order valence-corrected chi connectivity index (χ4v) is 2.83. The van der Waals surface area contributed by atoms with Gasteiger partial charge in [0.15, 0.2) is 10.9 Å². The third-order valence-electron chi connectivity index (χ3n) is 3.93. The third kappa shape index (κ3) is 6.34. The summed E-state index contributed by atoms with van der Waals surface area (Å²) in [7, 11) is 0. The topological polar surface area (TPSA) is 59.1 Å². The van der Waals surface area contributed by atoms with Gasteiger partial charge in [0.2, 0.25) is 5.88 Å². The number of aryl methyl sites for hydroxylation is 1. The molecule has 0 amide bonds. The van der Waals surface area contributed by atoms with Gasteiger partial charge in [-0.2, -0.15) is 0 Å². The Kier molecular flexibility index (Phi) is 6.71. The fourth-order valence-electron chi connectivity index (χ4n) is 2.53. The van der Waals surface area contributed by atoms with Crippen molar-refractivity contribution in [3.63, 3.8) is 0 Å². The molecule has 1 atom stereocenters. The van der Waals surface area contributed by atoms with Crippen LogP contribution in [0.2, 0.25) is 0 Å². The molecule has 5 nitrogen and oxygen atoms in total. The molecule has 138 valence electrons. The largest absolute Gasteiger partial charge is 0.438 e. The molecule has 0 aliphatic heterocycles. The lowest BCUT2D eigenvalue weighted by Crippen LogP contribution is -2.36. The van der Waals surface area contributed by atoms with Crippen LogP contribution in [0.5, 0.6) is 11.6 Å². The Morgan fingerprint density at radius 2 is 1.67 bits per heavy atom. The maximum atomic E-state index is 5.63. The highest BCUT2D eigenvalue weighted by atomic mass is 32.1. The monoisotopic (exact) mass is 378 g/mol. The number of thiocarbonyl (C=S) groups is 1. The Morgan fingerprint density at radius 3 is 2.33 bits per heavy atom. The van der Waals surface area contributed by atoms with E-state index in [2.05, 4.69) is 52.0 Å². The molecule has 2 aromatic carbocycles. The van der Waals surface area contributed by atoms with Crippen molar-refractivity contribution in [2.45, 2.75) is 25.8 Å². The van der Waals surface area contributed by atoms with Crippen LogP contribution in [-0.4, -0.2) is 21.4 Å². The van der Waals surface area contributed by atoms with Gasteiger partial charge in [0.1, 0.15) is 5.75 Å². The summed E-state index contributed by atoms with van der Waals surface area (Å²) in [4.78, 5) is 0. The van der Waals surface area contributed by atoms with Crippen LogP contribution >= 0.6 is 12.2 Å². The van der Waals surface area contributed by atoms with Crippen molar-refractivity contribution in [2.75, 3.05) is 5.32 Å². The van der Waals surface area contributed by atoms with Crippen molar-refractivity contribution in [1.82, 2.24) is 15.5 Å². The van der Waals surface area contributed by atoms with Crippen LogP contribution in [0.1, 0.15) is 18.9 Å². The van der Waals surface area contributed by atoms with Gasteiger partial charge in [-0.05, 0) is 55.7 Å². The lowest BCUT2D eigenvalue weighted by atomic mass is 10.1. The Morgan fingerprint density at radius 1 is 0.963 bits per heavy atom. The van der Waals surface area contributed by atoms with Gasteiger partial charge in [-0.15, -0.1) is 10.2 Å². The summed E-state index contributed by atoms with van der Waals surface area (Å²) in [5.74, 6) is 1.72. The van der Waals surface area contributed by atoms with Gasteiger partial charge in [0.05, 0.1) is 0 Å². The first-order valence-corrected chi connectivity index (χ1v) is 9.28. The number of para-hydroxylation sites is 1. The first-order chi connectivity index (χ1) is 13.2. The zero-order chi connectivity index (χ0) is 18.9. The predicted octanol–water partition coefficient (Wildman–Crippen LogP) is 4.58. The molecule has 0 saturated heterocycles. The van der Waals surface area contributed by atoms with Crippen molar-refractivity contribution < 1.29 is 4.74 Å². The van der Waals surface area contributed by atoms with Gasteiger partial charge in [0.25, 0.3) is 0 Å². The number of hydrogen-bond donors (Lipinski definition) is 2. The number of anilines is 1. The van der Waals surface area contributed by atoms with Crippen LogP contribution < -0.4 is 15.4 Å². The van der Waals surface area contributed by atoms with Crippen molar-refractivity contribution in [3.8, 4) is 11.6 Å². The standard InChI is InChI=1S/C21H22N4OS/c1-16(12-13-17-8-4-2-5-9-17)22-21(27)23-19-14-15-20(25-24-19)26-18-10-6-3-7-11-18/h2-11,14-16H,12-13H2,1H3,(H2,22,23,24,27). The number of hydrogen-bond acceptors (Lipinski definition) is 4. The van der Waals surface area contributed by atoms with Crippen molar-refractivity contribution in [2.24, 2.45) is 0 Å². The van der Waals surface area contributed by atoms with Gasteiger partial charge < -0.3 is 15.4 Å². The zero-order valence-corrected chi connectivity index (χ0v) is 15.9. The van der Waals surface area contributed by atoms with Gasteiger partial charge >= 0.3 is 0 Å². The molecule has 0 saturated carbocycles.